The number of anilines is 2. The summed E-state index contributed by atoms with van der Waals surface area (Å²) in [4.78, 5) is 26.9. The zero-order chi connectivity index (χ0) is 25.0. The van der Waals surface area contributed by atoms with Crippen LogP contribution in [0, 0.1) is 12.7 Å². The lowest BCUT2D eigenvalue weighted by Crippen LogP contribution is -2.40. The van der Waals surface area contributed by atoms with E-state index in [4.69, 9.17) is 16.7 Å². The molecule has 34 heavy (non-hydrogen) atoms. The number of hydrogen-bond donors (Lipinski definition) is 2. The normalized spacial score (nSPS) is 11.3. The van der Waals surface area contributed by atoms with Crippen molar-refractivity contribution in [3.05, 3.63) is 70.6 Å². The van der Waals surface area contributed by atoms with Gasteiger partial charge in [-0.1, -0.05) is 44.5 Å². The summed E-state index contributed by atoms with van der Waals surface area (Å²) in [5, 5.41) is 10.1. The molecule has 0 aliphatic heterocycles. The summed E-state index contributed by atoms with van der Waals surface area (Å²) >= 11 is 5.78. The van der Waals surface area contributed by atoms with Crippen LogP contribution in [0.15, 0.2) is 48.5 Å². The van der Waals surface area contributed by atoms with E-state index < -0.39 is 11.8 Å². The van der Waals surface area contributed by atoms with E-state index in [0.29, 0.717) is 18.1 Å². The zero-order valence-electron chi connectivity index (χ0n) is 19.9. The van der Waals surface area contributed by atoms with Crippen molar-refractivity contribution in [1.29, 1.82) is 0 Å². The van der Waals surface area contributed by atoms with Crippen LogP contribution in [0.3, 0.4) is 0 Å². The number of carbonyl (C=O) groups excluding carboxylic acids is 2. The van der Waals surface area contributed by atoms with Crippen molar-refractivity contribution in [2.24, 2.45) is 0 Å². The fourth-order valence-electron chi connectivity index (χ4n) is 3.25. The molecule has 0 aliphatic carbocycles. The Morgan fingerprint density at radius 3 is 2.47 bits per heavy atom. The Morgan fingerprint density at radius 1 is 1.12 bits per heavy atom. The van der Waals surface area contributed by atoms with Gasteiger partial charge in [-0.15, -0.1) is 0 Å². The number of likely N-dealkylation sites (N-methyl/N-ethyl adjacent to an activating group) is 1. The maximum Gasteiger partial charge on any atom is 0.322 e. The molecule has 0 atom stereocenters. The summed E-state index contributed by atoms with van der Waals surface area (Å²) in [6.07, 6.45) is 0. The number of urea groups is 1. The Balaban J connectivity index is 1.77. The van der Waals surface area contributed by atoms with Crippen molar-refractivity contribution >= 4 is 35.0 Å². The second-order valence-corrected chi connectivity index (χ2v) is 9.44. The van der Waals surface area contributed by atoms with E-state index in [1.165, 1.54) is 23.1 Å². The molecule has 1 aromatic heterocycles. The minimum atomic E-state index is -0.578. The Hall–Kier alpha value is -3.39. The summed E-state index contributed by atoms with van der Waals surface area (Å²) in [7, 11) is 0. The number of hydrogen-bond acceptors (Lipinski definition) is 3. The zero-order valence-corrected chi connectivity index (χ0v) is 20.7. The van der Waals surface area contributed by atoms with Crippen LogP contribution < -0.4 is 10.6 Å². The lowest BCUT2D eigenvalue weighted by Gasteiger charge is -2.21. The van der Waals surface area contributed by atoms with Gasteiger partial charge in [-0.25, -0.2) is 13.9 Å². The Bertz CT molecular complexity index is 1200. The predicted octanol–water partition coefficient (Wildman–Crippen LogP) is 5.76. The third kappa shape index (κ3) is 6.14. The molecule has 0 fully saturated rings. The summed E-state index contributed by atoms with van der Waals surface area (Å²) in [6.45, 7) is 10.0. The molecule has 9 heteroatoms. The molecule has 3 rings (SSSR count). The topological polar surface area (TPSA) is 79.3 Å². The molecular weight excluding hydrogens is 457 g/mol. The van der Waals surface area contributed by atoms with Crippen molar-refractivity contribution in [2.75, 3.05) is 23.7 Å². The number of halogens is 2. The quantitative estimate of drug-likeness (QED) is 0.465. The first-order valence-corrected chi connectivity index (χ1v) is 11.3. The van der Waals surface area contributed by atoms with Crippen LogP contribution in [0.4, 0.5) is 20.7 Å². The molecular formula is C25H29ClFN5O2. The largest absolute Gasteiger partial charge is 0.322 e. The van der Waals surface area contributed by atoms with Crippen LogP contribution in [0.2, 0.25) is 5.02 Å². The molecule has 3 aromatic rings. The number of benzene rings is 2. The second-order valence-electron chi connectivity index (χ2n) is 9.04. The molecule has 3 amide bonds. The number of amides is 3. The standard InChI is InChI=1S/C25H29ClFN5O2/c1-6-31(24(34)28-17-10-11-20(27)19(26)13-17)15-23(33)29-22-14-21(25(3,4)5)30-32(22)18-9-7-8-16(2)12-18/h7-14H,6,15H2,1-5H3,(H,28,34)(H,29,33). The molecule has 0 saturated heterocycles. The molecule has 0 aliphatic rings. The van der Waals surface area contributed by atoms with Crippen molar-refractivity contribution in [3.8, 4) is 5.69 Å². The van der Waals surface area contributed by atoms with Gasteiger partial charge < -0.3 is 15.5 Å². The number of carbonyl (C=O) groups is 2. The van der Waals surface area contributed by atoms with Crippen LogP contribution in [-0.2, 0) is 10.2 Å². The Morgan fingerprint density at radius 2 is 1.85 bits per heavy atom. The fraction of sp³-hybridized carbons (Fsp3) is 0.320. The van der Waals surface area contributed by atoms with Gasteiger partial charge >= 0.3 is 6.03 Å². The smallest absolute Gasteiger partial charge is 0.315 e. The predicted molar refractivity (Wildman–Crippen MR) is 133 cm³/mol. The van der Waals surface area contributed by atoms with Gasteiger partial charge in [-0.2, -0.15) is 5.10 Å². The number of aromatic nitrogens is 2. The van der Waals surface area contributed by atoms with Crippen LogP contribution >= 0.6 is 11.6 Å². The van der Waals surface area contributed by atoms with E-state index in [-0.39, 0.29) is 22.9 Å². The van der Waals surface area contributed by atoms with Gasteiger partial charge in [0.2, 0.25) is 5.91 Å². The third-order valence-electron chi connectivity index (χ3n) is 5.17. The van der Waals surface area contributed by atoms with E-state index in [9.17, 15) is 14.0 Å². The first kappa shape index (κ1) is 25.2. The average molecular weight is 486 g/mol. The number of nitrogens with zero attached hydrogens (tertiary/aromatic N) is 3. The molecule has 0 unspecified atom stereocenters. The lowest BCUT2D eigenvalue weighted by molar-refractivity contribution is -0.116. The second kappa shape index (κ2) is 10.3. The van der Waals surface area contributed by atoms with Gasteiger partial charge in [0, 0.05) is 23.7 Å². The van der Waals surface area contributed by atoms with Crippen LogP contribution in [0.25, 0.3) is 5.69 Å². The molecule has 2 N–H and O–H groups in total. The number of aryl methyl sites for hydroxylation is 1. The number of nitrogens with one attached hydrogen (secondary N) is 2. The van der Waals surface area contributed by atoms with Crippen molar-refractivity contribution < 1.29 is 14.0 Å². The van der Waals surface area contributed by atoms with E-state index >= 15 is 0 Å². The van der Waals surface area contributed by atoms with E-state index in [1.54, 1.807) is 11.6 Å². The minimum Gasteiger partial charge on any atom is -0.315 e. The van der Waals surface area contributed by atoms with Crippen molar-refractivity contribution in [3.63, 3.8) is 0 Å². The third-order valence-corrected chi connectivity index (χ3v) is 5.46. The summed E-state index contributed by atoms with van der Waals surface area (Å²) in [6, 6.07) is 13.1. The first-order chi connectivity index (χ1) is 16.0. The maximum absolute atomic E-state index is 13.4. The van der Waals surface area contributed by atoms with E-state index in [2.05, 4.69) is 10.6 Å². The molecule has 1 heterocycles. The first-order valence-electron chi connectivity index (χ1n) is 11.0. The van der Waals surface area contributed by atoms with E-state index in [0.717, 1.165) is 16.9 Å². The van der Waals surface area contributed by atoms with Gasteiger partial charge in [0.25, 0.3) is 0 Å². The van der Waals surface area contributed by atoms with Gasteiger partial charge in [0.15, 0.2) is 0 Å². The highest BCUT2D eigenvalue weighted by Gasteiger charge is 2.23. The van der Waals surface area contributed by atoms with Crippen LogP contribution in [-0.4, -0.2) is 39.7 Å². The Kier molecular flexibility index (Phi) is 7.61. The molecule has 2 aromatic carbocycles. The Labute approximate surface area is 203 Å². The molecule has 180 valence electrons. The lowest BCUT2D eigenvalue weighted by atomic mass is 9.92. The molecule has 0 spiro atoms. The van der Waals surface area contributed by atoms with Gasteiger partial charge in [0.05, 0.1) is 16.4 Å². The molecule has 7 nitrogen and oxygen atoms in total. The van der Waals surface area contributed by atoms with Gasteiger partial charge in [0.1, 0.15) is 18.2 Å². The molecule has 0 saturated carbocycles. The molecule has 0 bridgehead atoms. The van der Waals surface area contributed by atoms with Gasteiger partial charge in [-0.05, 0) is 49.7 Å². The SMILES string of the molecule is CCN(CC(=O)Nc1cc(C(C)(C)C)nn1-c1cccc(C)c1)C(=O)Nc1ccc(F)c(Cl)c1. The molecule has 0 radical (unpaired) electrons. The average Bonchev–Trinajstić information content (AvgIpc) is 3.19. The summed E-state index contributed by atoms with van der Waals surface area (Å²) in [5.41, 5.74) is 2.83. The van der Waals surface area contributed by atoms with Crippen LogP contribution in [0.5, 0.6) is 0 Å². The summed E-state index contributed by atoms with van der Waals surface area (Å²) in [5.74, 6) is -0.433. The maximum atomic E-state index is 13.4. The number of rotatable bonds is 6. The highest BCUT2D eigenvalue weighted by atomic mass is 35.5. The highest BCUT2D eigenvalue weighted by Crippen LogP contribution is 2.26. The monoisotopic (exact) mass is 485 g/mol. The van der Waals surface area contributed by atoms with Crippen molar-refractivity contribution in [1.82, 2.24) is 14.7 Å². The highest BCUT2D eigenvalue weighted by molar-refractivity contribution is 6.31. The minimum absolute atomic E-state index is 0.0994. The van der Waals surface area contributed by atoms with Crippen molar-refractivity contribution in [2.45, 2.75) is 40.0 Å². The summed E-state index contributed by atoms with van der Waals surface area (Å²) < 4.78 is 15.1. The fourth-order valence-corrected chi connectivity index (χ4v) is 3.43. The van der Waals surface area contributed by atoms with Crippen LogP contribution in [0.1, 0.15) is 39.0 Å². The van der Waals surface area contributed by atoms with E-state index in [1.807, 2.05) is 58.0 Å². The van der Waals surface area contributed by atoms with Gasteiger partial charge in [-0.3, -0.25) is 4.79 Å².